The minimum Gasteiger partial charge on any atom is -0.365 e. The lowest BCUT2D eigenvalue weighted by molar-refractivity contribution is 0.1000. The summed E-state index contributed by atoms with van der Waals surface area (Å²) in [6, 6.07) is 0. The number of primary amides is 1. The number of nitrogens with one attached hydrogen (secondary N) is 1. The van der Waals surface area contributed by atoms with Crippen molar-refractivity contribution in [2.75, 3.05) is 11.6 Å². The Kier molecular flexibility index (Phi) is 2.69. The molecule has 2 bridgehead atoms. The molecule has 3 fully saturated rings. The van der Waals surface area contributed by atoms with Gasteiger partial charge in [-0.25, -0.2) is 9.97 Å². The molecule has 1 aromatic rings. The molecule has 1 amide bonds. The molecule has 0 aromatic carbocycles. The number of fused-ring (bicyclic) bond motifs is 1. The number of amides is 1. The van der Waals surface area contributed by atoms with Gasteiger partial charge in [0.15, 0.2) is 5.16 Å². The third kappa shape index (κ3) is 1.84. The van der Waals surface area contributed by atoms with E-state index in [2.05, 4.69) is 15.3 Å². The maximum Gasteiger partial charge on any atom is 0.254 e. The first kappa shape index (κ1) is 11.8. The molecule has 3 saturated carbocycles. The standard InChI is InChI=1S/C12H16N4OS/c1-18-11-14-6-8(9(13)17)10(15-11)16-12-3-2-7(4-12)5-12/h6-7H,2-5H2,1H3,(H2,13,17)(H,14,15,16). The molecular formula is C12H16N4OS. The highest BCUT2D eigenvalue weighted by atomic mass is 32.2. The summed E-state index contributed by atoms with van der Waals surface area (Å²) in [5, 5.41) is 4.10. The minimum atomic E-state index is -0.476. The van der Waals surface area contributed by atoms with E-state index in [0.29, 0.717) is 16.5 Å². The summed E-state index contributed by atoms with van der Waals surface area (Å²) in [7, 11) is 0. The maximum atomic E-state index is 11.4. The Hall–Kier alpha value is -1.30. The molecule has 3 N–H and O–H groups in total. The SMILES string of the molecule is CSc1ncc(C(N)=O)c(NC23CCC(C2)C3)n1. The number of hydrogen-bond acceptors (Lipinski definition) is 5. The first-order chi connectivity index (χ1) is 8.62. The number of carbonyl (C=O) groups excluding carboxylic acids is 1. The number of hydrogen-bond donors (Lipinski definition) is 2. The monoisotopic (exact) mass is 264 g/mol. The Labute approximate surface area is 110 Å². The van der Waals surface area contributed by atoms with Gasteiger partial charge in [-0.2, -0.15) is 0 Å². The molecule has 96 valence electrons. The van der Waals surface area contributed by atoms with E-state index >= 15 is 0 Å². The Morgan fingerprint density at radius 2 is 2.39 bits per heavy atom. The van der Waals surface area contributed by atoms with Gasteiger partial charge in [-0.05, 0) is 37.9 Å². The van der Waals surface area contributed by atoms with Crippen molar-refractivity contribution in [3.63, 3.8) is 0 Å². The summed E-state index contributed by atoms with van der Waals surface area (Å²) in [4.78, 5) is 19.9. The van der Waals surface area contributed by atoms with Crippen LogP contribution in [-0.4, -0.2) is 27.7 Å². The van der Waals surface area contributed by atoms with Gasteiger partial charge in [0.05, 0.1) is 5.56 Å². The smallest absolute Gasteiger partial charge is 0.254 e. The van der Waals surface area contributed by atoms with Gasteiger partial charge in [0, 0.05) is 11.7 Å². The van der Waals surface area contributed by atoms with Crippen molar-refractivity contribution in [1.82, 2.24) is 9.97 Å². The predicted octanol–water partition coefficient (Wildman–Crippen LogP) is 1.65. The van der Waals surface area contributed by atoms with E-state index in [9.17, 15) is 4.79 Å². The van der Waals surface area contributed by atoms with Crippen molar-refractivity contribution in [3.8, 4) is 0 Å². The van der Waals surface area contributed by atoms with Crippen molar-refractivity contribution in [2.24, 2.45) is 11.7 Å². The van der Waals surface area contributed by atoms with E-state index in [1.807, 2.05) is 6.26 Å². The largest absolute Gasteiger partial charge is 0.365 e. The first-order valence-electron chi connectivity index (χ1n) is 6.11. The number of rotatable bonds is 4. The van der Waals surface area contributed by atoms with Gasteiger partial charge >= 0.3 is 0 Å². The Bertz CT molecular complexity index is 493. The van der Waals surface area contributed by atoms with Crippen LogP contribution >= 0.6 is 11.8 Å². The van der Waals surface area contributed by atoms with E-state index in [4.69, 9.17) is 5.73 Å². The zero-order valence-corrected chi connectivity index (χ0v) is 11.1. The maximum absolute atomic E-state index is 11.4. The average Bonchev–Trinajstić information content (AvgIpc) is 2.88. The van der Waals surface area contributed by atoms with Gasteiger partial charge in [0.2, 0.25) is 0 Å². The zero-order chi connectivity index (χ0) is 12.8. The number of nitrogens with zero attached hydrogens (tertiary/aromatic N) is 2. The van der Waals surface area contributed by atoms with Crippen molar-refractivity contribution in [2.45, 2.75) is 36.4 Å². The highest BCUT2D eigenvalue weighted by Gasteiger charge is 2.50. The van der Waals surface area contributed by atoms with Crippen molar-refractivity contribution >= 4 is 23.5 Å². The molecule has 0 saturated heterocycles. The minimum absolute atomic E-state index is 0.152. The van der Waals surface area contributed by atoms with E-state index in [0.717, 1.165) is 12.3 Å². The van der Waals surface area contributed by atoms with E-state index < -0.39 is 5.91 Å². The average molecular weight is 264 g/mol. The molecular weight excluding hydrogens is 248 g/mol. The number of aromatic nitrogens is 2. The molecule has 0 unspecified atom stereocenters. The van der Waals surface area contributed by atoms with Crippen LogP contribution in [0, 0.1) is 5.92 Å². The van der Waals surface area contributed by atoms with Crippen molar-refractivity contribution in [1.29, 1.82) is 0 Å². The van der Waals surface area contributed by atoms with Crippen molar-refractivity contribution in [3.05, 3.63) is 11.8 Å². The van der Waals surface area contributed by atoms with Crippen LogP contribution < -0.4 is 11.1 Å². The predicted molar refractivity (Wildman–Crippen MR) is 70.6 cm³/mol. The second-order valence-electron chi connectivity index (χ2n) is 5.20. The van der Waals surface area contributed by atoms with Gasteiger partial charge in [0.1, 0.15) is 5.82 Å². The molecule has 6 heteroatoms. The fourth-order valence-corrected chi connectivity index (χ4v) is 3.43. The van der Waals surface area contributed by atoms with Crippen LogP contribution in [0.2, 0.25) is 0 Å². The lowest BCUT2D eigenvalue weighted by atomic mass is 9.77. The van der Waals surface area contributed by atoms with Gasteiger partial charge in [0.25, 0.3) is 5.91 Å². The number of carbonyl (C=O) groups is 1. The lowest BCUT2D eigenvalue weighted by Crippen LogP contribution is -2.43. The topological polar surface area (TPSA) is 80.9 Å². The normalized spacial score (nSPS) is 28.8. The number of thioether (sulfide) groups is 1. The molecule has 5 nitrogen and oxygen atoms in total. The van der Waals surface area contributed by atoms with Gasteiger partial charge in [-0.3, -0.25) is 4.79 Å². The molecule has 1 heterocycles. The van der Waals surface area contributed by atoms with Gasteiger partial charge in [-0.15, -0.1) is 0 Å². The molecule has 0 radical (unpaired) electrons. The van der Waals surface area contributed by atoms with Crippen LogP contribution in [0.4, 0.5) is 5.82 Å². The summed E-state index contributed by atoms with van der Waals surface area (Å²) < 4.78 is 0. The van der Waals surface area contributed by atoms with E-state index in [-0.39, 0.29) is 5.54 Å². The van der Waals surface area contributed by atoms with Crippen LogP contribution in [0.25, 0.3) is 0 Å². The van der Waals surface area contributed by atoms with Crippen LogP contribution in [0.3, 0.4) is 0 Å². The van der Waals surface area contributed by atoms with Crippen LogP contribution in [0.15, 0.2) is 11.4 Å². The molecule has 4 rings (SSSR count). The second kappa shape index (κ2) is 4.12. The molecule has 1 aromatic heterocycles. The third-order valence-electron chi connectivity index (χ3n) is 3.99. The molecule has 0 atom stereocenters. The lowest BCUT2D eigenvalue weighted by Gasteiger charge is -2.40. The molecule has 18 heavy (non-hydrogen) atoms. The summed E-state index contributed by atoms with van der Waals surface area (Å²) >= 11 is 1.46. The fraction of sp³-hybridized carbons (Fsp3) is 0.583. The number of anilines is 1. The van der Waals surface area contributed by atoms with Gasteiger partial charge in [-0.1, -0.05) is 11.8 Å². The molecule has 0 spiro atoms. The Balaban J connectivity index is 1.90. The fourth-order valence-electron chi connectivity index (χ4n) is 3.09. The first-order valence-corrected chi connectivity index (χ1v) is 7.33. The summed E-state index contributed by atoms with van der Waals surface area (Å²) in [6.07, 6.45) is 8.24. The van der Waals surface area contributed by atoms with E-state index in [1.54, 1.807) is 0 Å². The summed E-state index contributed by atoms with van der Waals surface area (Å²) in [5.74, 6) is 0.981. The third-order valence-corrected chi connectivity index (χ3v) is 4.55. The van der Waals surface area contributed by atoms with Crippen LogP contribution in [0.1, 0.15) is 36.0 Å². The zero-order valence-electron chi connectivity index (χ0n) is 10.3. The number of nitrogens with two attached hydrogens (primary N) is 1. The highest BCUT2D eigenvalue weighted by molar-refractivity contribution is 7.98. The van der Waals surface area contributed by atoms with Crippen LogP contribution in [0.5, 0.6) is 0 Å². The van der Waals surface area contributed by atoms with Crippen LogP contribution in [-0.2, 0) is 0 Å². The molecule has 3 aliphatic carbocycles. The Morgan fingerprint density at radius 1 is 1.61 bits per heavy atom. The van der Waals surface area contributed by atoms with E-state index in [1.165, 1.54) is 37.2 Å². The quantitative estimate of drug-likeness (QED) is 0.638. The second-order valence-corrected chi connectivity index (χ2v) is 5.97. The highest BCUT2D eigenvalue weighted by Crippen LogP contribution is 2.53. The Morgan fingerprint density at radius 3 is 2.94 bits per heavy atom. The summed E-state index contributed by atoms with van der Waals surface area (Å²) in [5.41, 5.74) is 5.91. The van der Waals surface area contributed by atoms with Crippen molar-refractivity contribution < 1.29 is 4.79 Å². The molecule has 3 aliphatic rings. The molecule has 0 aliphatic heterocycles. The summed E-state index contributed by atoms with van der Waals surface area (Å²) in [6.45, 7) is 0. The van der Waals surface area contributed by atoms with Gasteiger partial charge < -0.3 is 11.1 Å².